The fourth-order valence-electron chi connectivity index (χ4n) is 4.31. The molecule has 1 aromatic carbocycles. The highest BCUT2D eigenvalue weighted by atomic mass is 19.1. The molecule has 1 fully saturated rings. The minimum Gasteiger partial charge on any atom is -0.356 e. The van der Waals surface area contributed by atoms with Gasteiger partial charge >= 0.3 is 0 Å². The lowest BCUT2D eigenvalue weighted by molar-refractivity contribution is 0.211. The Balaban J connectivity index is 1.46. The third-order valence-electron chi connectivity index (χ3n) is 5.96. The van der Waals surface area contributed by atoms with E-state index in [0.29, 0.717) is 48.2 Å². The van der Waals surface area contributed by atoms with Gasteiger partial charge in [-0.05, 0) is 64.1 Å². The molecule has 0 N–H and O–H groups in total. The SMILES string of the molecule is [2H]C([2H])([2H])c1nc2n(c(=O)c1C([2H])([2H])C([2H])([2H])N1CCC(c3noc4cc(F)ccc34)CC1)CCCC2. The maximum Gasteiger partial charge on any atom is 0.256 e. The number of likely N-dealkylation sites (tertiary alicyclic amines) is 1. The molecule has 0 amide bonds. The highest BCUT2D eigenvalue weighted by Crippen LogP contribution is 2.32. The van der Waals surface area contributed by atoms with Crippen molar-refractivity contribution in [3.63, 3.8) is 0 Å². The van der Waals surface area contributed by atoms with Crippen molar-refractivity contribution in [3.05, 3.63) is 57.1 Å². The van der Waals surface area contributed by atoms with Gasteiger partial charge in [0.05, 0.1) is 5.69 Å². The van der Waals surface area contributed by atoms with Crippen LogP contribution in [0.4, 0.5) is 4.39 Å². The van der Waals surface area contributed by atoms with Crippen LogP contribution in [-0.4, -0.2) is 39.2 Å². The van der Waals surface area contributed by atoms with Crippen molar-refractivity contribution in [3.8, 4) is 0 Å². The van der Waals surface area contributed by atoms with Crippen LogP contribution >= 0.6 is 0 Å². The second-order valence-corrected chi connectivity index (χ2v) is 7.87. The molecule has 7 heteroatoms. The predicted octanol–water partition coefficient (Wildman–Crippen LogP) is 3.59. The highest BCUT2D eigenvalue weighted by molar-refractivity contribution is 5.79. The molecule has 4 heterocycles. The summed E-state index contributed by atoms with van der Waals surface area (Å²) in [5, 5.41) is 4.77. The fourth-order valence-corrected chi connectivity index (χ4v) is 4.31. The summed E-state index contributed by atoms with van der Waals surface area (Å²) in [6, 6.07) is 4.16. The molecule has 0 bridgehead atoms. The lowest BCUT2D eigenvalue weighted by Gasteiger charge is -2.31. The second-order valence-electron chi connectivity index (χ2n) is 7.87. The van der Waals surface area contributed by atoms with Gasteiger partial charge in [-0.3, -0.25) is 9.36 Å². The largest absolute Gasteiger partial charge is 0.356 e. The molecule has 2 aliphatic heterocycles. The number of rotatable bonds is 4. The number of hydrogen-bond acceptors (Lipinski definition) is 5. The van der Waals surface area contributed by atoms with Crippen LogP contribution in [-0.2, 0) is 19.3 Å². The van der Waals surface area contributed by atoms with Crippen LogP contribution in [0.15, 0.2) is 27.5 Å². The van der Waals surface area contributed by atoms with Gasteiger partial charge in [-0.2, -0.15) is 0 Å². The van der Waals surface area contributed by atoms with Crippen molar-refractivity contribution in [1.82, 2.24) is 19.6 Å². The number of piperidine rings is 1. The summed E-state index contributed by atoms with van der Waals surface area (Å²) in [6.07, 6.45) is -0.292. The second kappa shape index (κ2) is 7.95. The molecule has 5 rings (SSSR count). The molecular weight excluding hydrogens is 383 g/mol. The summed E-state index contributed by atoms with van der Waals surface area (Å²) < 4.78 is 78.9. The molecule has 158 valence electrons. The Hall–Kier alpha value is -2.54. The topological polar surface area (TPSA) is 64.2 Å². The van der Waals surface area contributed by atoms with Crippen LogP contribution in [0.5, 0.6) is 0 Å². The Kier molecular flexibility index (Phi) is 3.44. The normalized spacial score (nSPS) is 22.9. The van der Waals surface area contributed by atoms with E-state index in [1.54, 1.807) is 6.07 Å². The maximum absolute atomic E-state index is 13.5. The zero-order valence-corrected chi connectivity index (χ0v) is 16.4. The van der Waals surface area contributed by atoms with E-state index in [2.05, 4.69) is 10.1 Å². The summed E-state index contributed by atoms with van der Waals surface area (Å²) in [6.45, 7) is -5.02. The average molecular weight is 418 g/mol. The van der Waals surface area contributed by atoms with E-state index in [1.165, 1.54) is 21.6 Å². The summed E-state index contributed by atoms with van der Waals surface area (Å²) in [4.78, 5) is 18.9. The minimum atomic E-state index is -2.95. The number of aryl methyl sites for hydroxylation is 2. The Labute approximate surface area is 184 Å². The van der Waals surface area contributed by atoms with E-state index in [4.69, 9.17) is 14.1 Å². The fraction of sp³-hybridized carbons (Fsp3) is 0.522. The van der Waals surface area contributed by atoms with E-state index in [-0.39, 0.29) is 25.6 Å². The van der Waals surface area contributed by atoms with Gasteiger partial charge in [-0.1, -0.05) is 5.16 Å². The Morgan fingerprint density at radius 1 is 1.30 bits per heavy atom. The summed E-state index contributed by atoms with van der Waals surface area (Å²) in [5.41, 5.74) is -1.28. The molecule has 0 spiro atoms. The lowest BCUT2D eigenvalue weighted by Crippen LogP contribution is -2.37. The summed E-state index contributed by atoms with van der Waals surface area (Å²) in [7, 11) is 0. The van der Waals surface area contributed by atoms with Gasteiger partial charge in [0.1, 0.15) is 11.6 Å². The van der Waals surface area contributed by atoms with E-state index in [9.17, 15) is 9.18 Å². The van der Waals surface area contributed by atoms with Crippen LogP contribution in [0, 0.1) is 12.7 Å². The van der Waals surface area contributed by atoms with Gasteiger partial charge in [0.25, 0.3) is 5.56 Å². The van der Waals surface area contributed by atoms with Crippen LogP contribution < -0.4 is 5.56 Å². The zero-order valence-electron chi connectivity index (χ0n) is 23.4. The number of fused-ring (bicyclic) bond motifs is 2. The lowest BCUT2D eigenvalue weighted by atomic mass is 9.91. The number of hydrogen-bond donors (Lipinski definition) is 0. The molecule has 0 saturated carbocycles. The molecular formula is C23H27FN4O2. The molecule has 3 aromatic rings. The first kappa shape index (κ1) is 13.0. The summed E-state index contributed by atoms with van der Waals surface area (Å²) >= 11 is 0. The van der Waals surface area contributed by atoms with Crippen LogP contribution in [0.25, 0.3) is 11.0 Å². The molecule has 2 aromatic heterocycles. The third kappa shape index (κ3) is 3.55. The van der Waals surface area contributed by atoms with Gasteiger partial charge in [0, 0.05) is 57.7 Å². The van der Waals surface area contributed by atoms with Crippen LogP contribution in [0.2, 0.25) is 0 Å². The van der Waals surface area contributed by atoms with Gasteiger partial charge in [-0.25, -0.2) is 9.37 Å². The third-order valence-corrected chi connectivity index (χ3v) is 5.96. The molecule has 0 radical (unpaired) electrons. The first-order chi connectivity index (χ1) is 17.3. The minimum absolute atomic E-state index is 0.112. The number of benzene rings is 1. The summed E-state index contributed by atoms with van der Waals surface area (Å²) in [5.74, 6) is -0.258. The van der Waals surface area contributed by atoms with Crippen molar-refractivity contribution in [2.45, 2.75) is 57.8 Å². The monoisotopic (exact) mass is 417 g/mol. The highest BCUT2D eigenvalue weighted by Gasteiger charge is 2.25. The zero-order chi connectivity index (χ0) is 26.8. The van der Waals surface area contributed by atoms with Crippen molar-refractivity contribution in [2.75, 3.05) is 19.6 Å². The van der Waals surface area contributed by atoms with Gasteiger partial charge in [0.2, 0.25) is 0 Å². The maximum atomic E-state index is 13.5. The van der Waals surface area contributed by atoms with Crippen LogP contribution in [0.3, 0.4) is 0 Å². The Morgan fingerprint density at radius 3 is 3.00 bits per heavy atom. The number of aromatic nitrogens is 3. The Morgan fingerprint density at radius 2 is 2.17 bits per heavy atom. The molecule has 0 aliphatic carbocycles. The van der Waals surface area contributed by atoms with E-state index in [1.807, 2.05) is 0 Å². The Bertz CT molecular complexity index is 1390. The average Bonchev–Trinajstić information content (AvgIpc) is 3.26. The standard InChI is InChI=1S/C23H27FN4O2/c1-15-18(23(29)28-10-3-2-4-21(28)25-15)9-13-27-11-7-16(8-12-27)22-19-6-5-17(24)14-20(19)30-26-22/h5-6,14,16H,2-4,7-13H2,1H3/i1D3,9D2,13D2. The number of nitrogens with zero attached hydrogens (tertiary/aromatic N) is 4. The predicted molar refractivity (Wildman–Crippen MR) is 112 cm³/mol. The molecule has 1 saturated heterocycles. The van der Waals surface area contributed by atoms with E-state index in [0.717, 1.165) is 6.42 Å². The van der Waals surface area contributed by atoms with Crippen molar-refractivity contribution in [1.29, 1.82) is 0 Å². The molecule has 2 aliphatic rings. The first-order valence-corrected chi connectivity index (χ1v) is 10.3. The van der Waals surface area contributed by atoms with Crippen molar-refractivity contribution >= 4 is 11.0 Å². The smallest absolute Gasteiger partial charge is 0.256 e. The van der Waals surface area contributed by atoms with Gasteiger partial charge in [-0.15, -0.1) is 0 Å². The first-order valence-electron chi connectivity index (χ1n) is 13.8. The number of halogens is 1. The van der Waals surface area contributed by atoms with Gasteiger partial charge in [0.15, 0.2) is 5.58 Å². The molecule has 0 atom stereocenters. The van der Waals surface area contributed by atoms with E-state index < -0.39 is 42.4 Å². The quantitative estimate of drug-likeness (QED) is 0.649. The van der Waals surface area contributed by atoms with Crippen LogP contribution in [0.1, 0.15) is 64.0 Å². The molecule has 30 heavy (non-hydrogen) atoms. The molecule has 6 nitrogen and oxygen atoms in total. The van der Waals surface area contributed by atoms with Crippen molar-refractivity contribution in [2.24, 2.45) is 0 Å². The van der Waals surface area contributed by atoms with Gasteiger partial charge < -0.3 is 9.42 Å². The van der Waals surface area contributed by atoms with Crippen molar-refractivity contribution < 1.29 is 18.5 Å². The molecule has 0 unspecified atom stereocenters. The van der Waals surface area contributed by atoms with E-state index >= 15 is 0 Å².